The minimum atomic E-state index is 0.0392. The Kier molecular flexibility index (Phi) is 3.69. The normalized spacial score (nSPS) is 26.5. The summed E-state index contributed by atoms with van der Waals surface area (Å²) in [5.41, 5.74) is 1.37. The quantitative estimate of drug-likeness (QED) is 0.845. The van der Waals surface area contributed by atoms with Crippen molar-refractivity contribution in [3.8, 4) is 5.75 Å². The summed E-state index contributed by atoms with van der Waals surface area (Å²) in [4.78, 5) is 2.39. The van der Waals surface area contributed by atoms with Crippen LogP contribution >= 0.6 is 0 Å². The van der Waals surface area contributed by atoms with Crippen molar-refractivity contribution in [2.24, 2.45) is 0 Å². The molecule has 0 spiro atoms. The molecule has 2 rings (SSSR count). The smallest absolute Gasteiger partial charge is 0.118 e. The first-order valence-corrected chi connectivity index (χ1v) is 6.22. The van der Waals surface area contributed by atoms with Crippen molar-refractivity contribution in [2.45, 2.75) is 18.9 Å². The Hall–Kier alpha value is -1.06. The van der Waals surface area contributed by atoms with Crippen molar-refractivity contribution in [1.29, 1.82) is 0 Å². The molecule has 1 N–H and O–H groups in total. The van der Waals surface area contributed by atoms with Crippen LogP contribution in [-0.4, -0.2) is 38.7 Å². The summed E-state index contributed by atoms with van der Waals surface area (Å²) in [6.07, 6.45) is 1.21. The SMILES string of the molecule is COc1ccc(C2(C)CN(C)CCCN2)cc1. The van der Waals surface area contributed by atoms with E-state index in [-0.39, 0.29) is 5.54 Å². The highest BCUT2D eigenvalue weighted by atomic mass is 16.5. The summed E-state index contributed by atoms with van der Waals surface area (Å²) >= 11 is 0. The van der Waals surface area contributed by atoms with E-state index in [1.165, 1.54) is 18.5 Å². The predicted octanol–water partition coefficient (Wildman–Crippen LogP) is 1.84. The van der Waals surface area contributed by atoms with Gasteiger partial charge in [0.2, 0.25) is 0 Å². The van der Waals surface area contributed by atoms with E-state index in [9.17, 15) is 0 Å². The fourth-order valence-electron chi connectivity index (χ4n) is 2.54. The van der Waals surface area contributed by atoms with Crippen molar-refractivity contribution >= 4 is 0 Å². The van der Waals surface area contributed by atoms with E-state index < -0.39 is 0 Å². The zero-order chi connectivity index (χ0) is 12.3. The molecule has 0 aliphatic carbocycles. The van der Waals surface area contributed by atoms with Gasteiger partial charge in [0.15, 0.2) is 0 Å². The molecule has 3 nitrogen and oxygen atoms in total. The number of hydrogen-bond acceptors (Lipinski definition) is 3. The van der Waals surface area contributed by atoms with Crippen molar-refractivity contribution in [3.63, 3.8) is 0 Å². The summed E-state index contributed by atoms with van der Waals surface area (Å²) in [6, 6.07) is 8.39. The molecule has 1 aromatic carbocycles. The molecule has 0 aromatic heterocycles. The lowest BCUT2D eigenvalue weighted by Crippen LogP contribution is -2.45. The zero-order valence-electron chi connectivity index (χ0n) is 11.0. The van der Waals surface area contributed by atoms with E-state index in [1.807, 2.05) is 12.1 Å². The van der Waals surface area contributed by atoms with Gasteiger partial charge in [0.1, 0.15) is 5.75 Å². The number of methoxy groups -OCH3 is 1. The number of hydrogen-bond donors (Lipinski definition) is 1. The maximum atomic E-state index is 5.20. The highest BCUT2D eigenvalue weighted by Gasteiger charge is 2.29. The van der Waals surface area contributed by atoms with E-state index >= 15 is 0 Å². The van der Waals surface area contributed by atoms with E-state index in [4.69, 9.17) is 4.74 Å². The number of likely N-dealkylation sites (N-methyl/N-ethyl adjacent to an activating group) is 1. The molecule has 1 aliphatic heterocycles. The molecule has 0 saturated carbocycles. The monoisotopic (exact) mass is 234 g/mol. The topological polar surface area (TPSA) is 24.5 Å². The molecule has 1 heterocycles. The molecule has 1 unspecified atom stereocenters. The Morgan fingerprint density at radius 2 is 2.00 bits per heavy atom. The molecule has 1 aliphatic rings. The van der Waals surface area contributed by atoms with Crippen LogP contribution in [0.3, 0.4) is 0 Å². The first kappa shape index (κ1) is 12.4. The zero-order valence-corrected chi connectivity index (χ0v) is 11.0. The van der Waals surface area contributed by atoms with Crippen molar-refractivity contribution in [1.82, 2.24) is 10.2 Å². The molecule has 0 radical (unpaired) electrons. The van der Waals surface area contributed by atoms with Gasteiger partial charge in [-0.15, -0.1) is 0 Å². The molecular formula is C14H22N2O. The average Bonchev–Trinajstić information content (AvgIpc) is 2.51. The third-order valence-electron chi connectivity index (χ3n) is 3.55. The molecule has 0 bridgehead atoms. The van der Waals surface area contributed by atoms with Crippen molar-refractivity contribution < 1.29 is 4.74 Å². The van der Waals surface area contributed by atoms with Gasteiger partial charge in [-0.25, -0.2) is 0 Å². The van der Waals surface area contributed by atoms with Gasteiger partial charge in [-0.3, -0.25) is 0 Å². The van der Waals surface area contributed by atoms with Crippen molar-refractivity contribution in [2.75, 3.05) is 33.8 Å². The van der Waals surface area contributed by atoms with Gasteiger partial charge in [-0.05, 0) is 51.2 Å². The van der Waals surface area contributed by atoms with E-state index in [2.05, 4.69) is 36.3 Å². The third-order valence-corrected chi connectivity index (χ3v) is 3.55. The number of benzene rings is 1. The lowest BCUT2D eigenvalue weighted by atomic mass is 9.91. The molecule has 0 amide bonds. The van der Waals surface area contributed by atoms with Crippen LogP contribution in [0.5, 0.6) is 5.75 Å². The number of nitrogens with one attached hydrogen (secondary N) is 1. The Morgan fingerprint density at radius 3 is 2.65 bits per heavy atom. The molecule has 1 atom stereocenters. The van der Waals surface area contributed by atoms with Crippen LogP contribution in [0, 0.1) is 0 Å². The maximum absolute atomic E-state index is 5.20. The average molecular weight is 234 g/mol. The van der Waals surface area contributed by atoms with Crippen LogP contribution in [0.1, 0.15) is 18.9 Å². The molecule has 1 saturated heterocycles. The molecular weight excluding hydrogens is 212 g/mol. The molecule has 94 valence electrons. The second kappa shape index (κ2) is 5.07. The van der Waals surface area contributed by atoms with Gasteiger partial charge in [-0.1, -0.05) is 12.1 Å². The van der Waals surface area contributed by atoms with Crippen LogP contribution in [0.15, 0.2) is 24.3 Å². The van der Waals surface area contributed by atoms with Crippen LogP contribution in [0.2, 0.25) is 0 Å². The van der Waals surface area contributed by atoms with Gasteiger partial charge >= 0.3 is 0 Å². The summed E-state index contributed by atoms with van der Waals surface area (Å²) < 4.78 is 5.20. The highest BCUT2D eigenvalue weighted by Crippen LogP contribution is 2.25. The summed E-state index contributed by atoms with van der Waals surface area (Å²) in [5.74, 6) is 0.916. The lowest BCUT2D eigenvalue weighted by molar-refractivity contribution is 0.259. The molecule has 3 heteroatoms. The van der Waals surface area contributed by atoms with Gasteiger partial charge in [-0.2, -0.15) is 0 Å². The van der Waals surface area contributed by atoms with Crippen LogP contribution < -0.4 is 10.1 Å². The first-order chi connectivity index (χ1) is 8.14. The van der Waals surface area contributed by atoms with E-state index in [0.29, 0.717) is 0 Å². The highest BCUT2D eigenvalue weighted by molar-refractivity contribution is 5.32. The Bertz CT molecular complexity index is 363. The van der Waals surface area contributed by atoms with E-state index in [0.717, 1.165) is 18.8 Å². The fourth-order valence-corrected chi connectivity index (χ4v) is 2.54. The lowest BCUT2D eigenvalue weighted by Gasteiger charge is -2.32. The first-order valence-electron chi connectivity index (χ1n) is 6.22. The van der Waals surface area contributed by atoms with Gasteiger partial charge < -0.3 is 15.0 Å². The molecule has 17 heavy (non-hydrogen) atoms. The Morgan fingerprint density at radius 1 is 1.29 bits per heavy atom. The fraction of sp³-hybridized carbons (Fsp3) is 0.571. The summed E-state index contributed by atoms with van der Waals surface area (Å²) in [7, 11) is 3.89. The van der Waals surface area contributed by atoms with Gasteiger partial charge in [0.05, 0.1) is 12.6 Å². The largest absolute Gasteiger partial charge is 0.497 e. The van der Waals surface area contributed by atoms with Crippen LogP contribution in [0.25, 0.3) is 0 Å². The molecule has 1 fully saturated rings. The standard InChI is InChI=1S/C14H22N2O/c1-14(11-16(2)10-4-9-15-14)12-5-7-13(17-3)8-6-12/h5-8,15H,4,9-11H2,1-3H3. The second-order valence-corrected chi connectivity index (χ2v) is 5.08. The predicted molar refractivity (Wildman–Crippen MR) is 70.5 cm³/mol. The number of nitrogens with zero attached hydrogens (tertiary/aromatic N) is 1. The minimum absolute atomic E-state index is 0.0392. The van der Waals surface area contributed by atoms with Crippen molar-refractivity contribution in [3.05, 3.63) is 29.8 Å². The summed E-state index contributed by atoms with van der Waals surface area (Å²) in [5, 5.41) is 3.66. The minimum Gasteiger partial charge on any atom is -0.497 e. The number of rotatable bonds is 2. The van der Waals surface area contributed by atoms with Crippen LogP contribution in [-0.2, 0) is 5.54 Å². The van der Waals surface area contributed by atoms with Gasteiger partial charge in [0, 0.05) is 6.54 Å². The number of ether oxygens (including phenoxy) is 1. The van der Waals surface area contributed by atoms with E-state index in [1.54, 1.807) is 7.11 Å². The Balaban J connectivity index is 2.22. The second-order valence-electron chi connectivity index (χ2n) is 5.08. The third kappa shape index (κ3) is 2.79. The van der Waals surface area contributed by atoms with Gasteiger partial charge in [0.25, 0.3) is 0 Å². The van der Waals surface area contributed by atoms with Crippen LogP contribution in [0.4, 0.5) is 0 Å². The molecule has 1 aromatic rings. The maximum Gasteiger partial charge on any atom is 0.118 e. The Labute approximate surface area is 104 Å². The summed E-state index contributed by atoms with van der Waals surface area (Å²) in [6.45, 7) is 5.56.